The van der Waals surface area contributed by atoms with E-state index >= 15 is 0 Å². The second kappa shape index (κ2) is 7.60. The molecule has 0 amide bonds. The maximum absolute atomic E-state index is 13.4. The van der Waals surface area contributed by atoms with E-state index in [1.54, 1.807) is 13.2 Å². The molecule has 0 aliphatic heterocycles. The van der Waals surface area contributed by atoms with Crippen LogP contribution in [0.25, 0.3) is 22.3 Å². The average molecular weight is 410 g/mol. The molecule has 0 atom stereocenters. The maximum atomic E-state index is 13.4. The minimum Gasteiger partial charge on any atom is -0.497 e. The van der Waals surface area contributed by atoms with Gasteiger partial charge in [0, 0.05) is 28.3 Å². The number of carbonyl (C=O) groups is 1. The summed E-state index contributed by atoms with van der Waals surface area (Å²) in [5.74, 6) is -1.35. The van der Waals surface area contributed by atoms with E-state index in [1.807, 2.05) is 41.8 Å². The first-order chi connectivity index (χ1) is 13.9. The zero-order valence-corrected chi connectivity index (χ0v) is 16.5. The number of nitrogens with zero attached hydrogens (tertiary/aromatic N) is 2. The zero-order chi connectivity index (χ0) is 20.5. The van der Waals surface area contributed by atoms with Gasteiger partial charge in [-0.1, -0.05) is 0 Å². The Hall–Kier alpha value is -3.32. The van der Waals surface area contributed by atoms with Gasteiger partial charge in [-0.05, 0) is 55.5 Å². The summed E-state index contributed by atoms with van der Waals surface area (Å²) in [6.07, 6.45) is 4.86. The van der Waals surface area contributed by atoms with Crippen molar-refractivity contribution in [1.82, 2.24) is 9.38 Å². The van der Waals surface area contributed by atoms with Crippen molar-refractivity contribution in [2.24, 2.45) is 0 Å². The molecule has 0 saturated heterocycles. The van der Waals surface area contributed by atoms with Crippen molar-refractivity contribution >= 4 is 28.2 Å². The third kappa shape index (κ3) is 3.82. The number of imidazole rings is 1. The Kier molecular flexibility index (Phi) is 4.98. The molecule has 2 heterocycles. The number of aromatic nitrogens is 2. The molecule has 146 valence electrons. The van der Waals surface area contributed by atoms with Crippen molar-refractivity contribution in [2.45, 2.75) is 6.92 Å². The number of rotatable bonds is 5. The second-order valence-electron chi connectivity index (χ2n) is 6.42. The maximum Gasteiger partial charge on any atom is 0.194 e. The lowest BCUT2D eigenvalue weighted by atomic mass is 10.1. The van der Waals surface area contributed by atoms with Crippen molar-refractivity contribution in [3.63, 3.8) is 0 Å². The molecule has 2 aromatic heterocycles. The fourth-order valence-electron chi connectivity index (χ4n) is 3.04. The fourth-order valence-corrected chi connectivity index (χ4v) is 3.87. The number of ether oxygens (including phenoxy) is 1. The molecule has 0 N–H and O–H groups in total. The third-order valence-electron chi connectivity index (χ3n) is 4.38. The number of aryl methyl sites for hydroxylation is 1. The number of halogens is 2. The normalized spacial score (nSPS) is 11.4. The molecule has 0 saturated carbocycles. The van der Waals surface area contributed by atoms with E-state index in [-0.39, 0.29) is 5.56 Å². The summed E-state index contributed by atoms with van der Waals surface area (Å²) in [6.45, 7) is 1.97. The monoisotopic (exact) mass is 410 g/mol. The Morgan fingerprint density at radius 3 is 2.48 bits per heavy atom. The van der Waals surface area contributed by atoms with E-state index in [2.05, 4.69) is 0 Å². The summed E-state index contributed by atoms with van der Waals surface area (Å²) in [4.78, 5) is 19.0. The third-order valence-corrected chi connectivity index (χ3v) is 5.28. The van der Waals surface area contributed by atoms with Crippen LogP contribution in [0.1, 0.15) is 20.9 Å². The lowest BCUT2D eigenvalue weighted by Gasteiger charge is -2.03. The molecule has 0 spiro atoms. The standard InChI is InChI=1S/C22H16F2N2O2S/c1-13-12-26-19(7-8-20(27)15-9-16(23)11-17(24)10-15)21(25-22(26)29-13)14-3-5-18(28-2)6-4-14/h3-12H,1-2H3. The molecule has 4 nitrogen and oxygen atoms in total. The van der Waals surface area contributed by atoms with Gasteiger partial charge in [0.15, 0.2) is 10.7 Å². The predicted molar refractivity (Wildman–Crippen MR) is 110 cm³/mol. The first-order valence-corrected chi connectivity index (χ1v) is 9.57. The lowest BCUT2D eigenvalue weighted by molar-refractivity contribution is 0.104. The first-order valence-electron chi connectivity index (χ1n) is 8.76. The highest BCUT2D eigenvalue weighted by molar-refractivity contribution is 7.17. The van der Waals surface area contributed by atoms with Crippen molar-refractivity contribution in [3.05, 3.63) is 82.5 Å². The molecule has 0 fully saturated rings. The zero-order valence-electron chi connectivity index (χ0n) is 15.6. The van der Waals surface area contributed by atoms with Gasteiger partial charge in [-0.25, -0.2) is 13.8 Å². The quantitative estimate of drug-likeness (QED) is 0.320. The average Bonchev–Trinajstić information content (AvgIpc) is 3.21. The molecule has 29 heavy (non-hydrogen) atoms. The van der Waals surface area contributed by atoms with Gasteiger partial charge in [0.2, 0.25) is 0 Å². The molecule has 7 heteroatoms. The van der Waals surface area contributed by atoms with Crippen molar-refractivity contribution in [1.29, 1.82) is 0 Å². The number of carbonyl (C=O) groups excluding carboxylic acids is 1. The SMILES string of the molecule is COc1ccc(-c2nc3sc(C)cn3c2C=CC(=O)c2cc(F)cc(F)c2)cc1. The minimum absolute atomic E-state index is 0.0491. The molecule has 0 radical (unpaired) electrons. The Balaban J connectivity index is 1.76. The Morgan fingerprint density at radius 2 is 1.83 bits per heavy atom. The van der Waals surface area contributed by atoms with Crippen LogP contribution in [0.2, 0.25) is 0 Å². The van der Waals surface area contributed by atoms with E-state index in [4.69, 9.17) is 9.72 Å². The lowest BCUT2D eigenvalue weighted by Crippen LogP contribution is -1.97. The second-order valence-corrected chi connectivity index (χ2v) is 7.64. The largest absolute Gasteiger partial charge is 0.497 e. The molecule has 2 aromatic carbocycles. The fraction of sp³-hybridized carbons (Fsp3) is 0.0909. The molecular formula is C22H16F2N2O2S. The highest BCUT2D eigenvalue weighted by Crippen LogP contribution is 2.30. The van der Waals surface area contributed by atoms with E-state index in [1.165, 1.54) is 17.4 Å². The van der Waals surface area contributed by atoms with Crippen LogP contribution in [0.5, 0.6) is 5.75 Å². The van der Waals surface area contributed by atoms with Crippen LogP contribution in [0.3, 0.4) is 0 Å². The topological polar surface area (TPSA) is 43.6 Å². The highest BCUT2D eigenvalue weighted by Gasteiger charge is 2.15. The summed E-state index contributed by atoms with van der Waals surface area (Å²) < 4.78 is 33.9. The summed E-state index contributed by atoms with van der Waals surface area (Å²) >= 11 is 1.53. The molecule has 4 rings (SSSR count). The van der Waals surface area contributed by atoms with Gasteiger partial charge < -0.3 is 4.74 Å². The van der Waals surface area contributed by atoms with Crippen LogP contribution < -0.4 is 4.74 Å². The van der Waals surface area contributed by atoms with E-state index < -0.39 is 17.4 Å². The van der Waals surface area contributed by atoms with Crippen LogP contribution in [0.15, 0.2) is 54.7 Å². The van der Waals surface area contributed by atoms with E-state index in [0.29, 0.717) is 11.4 Å². The van der Waals surface area contributed by atoms with E-state index in [9.17, 15) is 13.6 Å². The van der Waals surface area contributed by atoms with Gasteiger partial charge in [0.25, 0.3) is 0 Å². The van der Waals surface area contributed by atoms with Gasteiger partial charge in [-0.2, -0.15) is 0 Å². The number of hydrogen-bond donors (Lipinski definition) is 0. The van der Waals surface area contributed by atoms with Gasteiger partial charge in [-0.3, -0.25) is 9.20 Å². The molecule has 0 aliphatic carbocycles. The van der Waals surface area contributed by atoms with Gasteiger partial charge in [0.1, 0.15) is 17.4 Å². The van der Waals surface area contributed by atoms with Crippen LogP contribution >= 0.6 is 11.3 Å². The Labute approximate surface area is 169 Å². The molecular weight excluding hydrogens is 394 g/mol. The number of fused-ring (bicyclic) bond motifs is 1. The van der Waals surface area contributed by atoms with Crippen LogP contribution in [-0.4, -0.2) is 22.3 Å². The number of hydrogen-bond acceptors (Lipinski definition) is 4. The van der Waals surface area contributed by atoms with Crippen LogP contribution in [0, 0.1) is 18.6 Å². The number of thiazole rings is 1. The summed E-state index contributed by atoms with van der Waals surface area (Å²) in [5.41, 5.74) is 2.23. The summed E-state index contributed by atoms with van der Waals surface area (Å²) in [6, 6.07) is 10.2. The highest BCUT2D eigenvalue weighted by atomic mass is 32.1. The molecule has 4 aromatic rings. The van der Waals surface area contributed by atoms with Gasteiger partial charge >= 0.3 is 0 Å². The smallest absolute Gasteiger partial charge is 0.194 e. The van der Waals surface area contributed by atoms with E-state index in [0.717, 1.165) is 39.4 Å². The predicted octanol–water partition coefficient (Wildman–Crippen LogP) is 5.55. The van der Waals surface area contributed by atoms with Crippen molar-refractivity contribution in [2.75, 3.05) is 7.11 Å². The van der Waals surface area contributed by atoms with Crippen molar-refractivity contribution < 1.29 is 18.3 Å². The van der Waals surface area contributed by atoms with Gasteiger partial charge in [-0.15, -0.1) is 11.3 Å². The molecule has 0 aliphatic rings. The number of allylic oxidation sites excluding steroid dienone is 1. The first kappa shape index (κ1) is 19.0. The number of ketones is 1. The molecule has 0 unspecified atom stereocenters. The molecule has 0 bridgehead atoms. The number of benzene rings is 2. The summed E-state index contributed by atoms with van der Waals surface area (Å²) in [7, 11) is 1.60. The number of methoxy groups -OCH3 is 1. The van der Waals surface area contributed by atoms with Crippen molar-refractivity contribution in [3.8, 4) is 17.0 Å². The Bertz CT molecular complexity index is 1220. The Morgan fingerprint density at radius 1 is 1.14 bits per heavy atom. The summed E-state index contributed by atoms with van der Waals surface area (Å²) in [5, 5.41) is 0. The van der Waals surface area contributed by atoms with Gasteiger partial charge in [0.05, 0.1) is 18.5 Å². The van der Waals surface area contributed by atoms with Crippen LogP contribution in [-0.2, 0) is 0 Å². The van der Waals surface area contributed by atoms with Crippen LogP contribution in [0.4, 0.5) is 8.78 Å². The minimum atomic E-state index is -0.791.